The molecule has 1 atom stereocenters. The minimum Gasteiger partial charge on any atom is -0.349 e. The van der Waals surface area contributed by atoms with Crippen LogP contribution in [0.2, 0.25) is 0 Å². The first-order chi connectivity index (χ1) is 12.1. The Kier molecular flexibility index (Phi) is 4.80. The largest absolute Gasteiger partial charge is 0.349 e. The van der Waals surface area contributed by atoms with Crippen molar-refractivity contribution in [2.24, 2.45) is 5.92 Å². The van der Waals surface area contributed by atoms with Gasteiger partial charge in [-0.15, -0.1) is 0 Å². The van der Waals surface area contributed by atoms with Crippen molar-refractivity contribution in [3.8, 4) is 6.07 Å². The molecule has 0 saturated carbocycles. The zero-order chi connectivity index (χ0) is 17.8. The van der Waals surface area contributed by atoms with Gasteiger partial charge < -0.3 is 9.88 Å². The fraction of sp³-hybridized carbons (Fsp3) is 0.200. The third-order valence-corrected chi connectivity index (χ3v) is 4.12. The lowest BCUT2D eigenvalue weighted by atomic mass is 10.2. The first-order valence-corrected chi connectivity index (χ1v) is 8.09. The number of halogens is 1. The molecule has 2 aromatic carbocycles. The number of carbonyl (C=O) groups is 1. The highest BCUT2D eigenvalue weighted by atomic mass is 19.1. The number of nitriles is 1. The molecule has 0 radical (unpaired) electrons. The second-order valence-corrected chi connectivity index (χ2v) is 6.01. The molecular weight excluding hydrogens is 317 g/mol. The Morgan fingerprint density at radius 3 is 2.72 bits per heavy atom. The Balaban J connectivity index is 1.99. The summed E-state index contributed by atoms with van der Waals surface area (Å²) < 4.78 is 15.9. The fourth-order valence-corrected chi connectivity index (χ4v) is 2.75. The molecule has 0 aliphatic heterocycles. The fourth-order valence-electron chi connectivity index (χ4n) is 2.75. The molecule has 3 rings (SSSR count). The third-order valence-electron chi connectivity index (χ3n) is 4.12. The Bertz CT molecular complexity index is 955. The van der Waals surface area contributed by atoms with Crippen molar-refractivity contribution in [1.82, 2.24) is 9.88 Å². The summed E-state index contributed by atoms with van der Waals surface area (Å²) in [5.41, 5.74) is 1.84. The van der Waals surface area contributed by atoms with Crippen LogP contribution in [0.4, 0.5) is 4.39 Å². The second-order valence-electron chi connectivity index (χ2n) is 6.01. The van der Waals surface area contributed by atoms with Gasteiger partial charge in [0.05, 0.1) is 18.5 Å². The molecule has 1 heterocycles. The summed E-state index contributed by atoms with van der Waals surface area (Å²) >= 11 is 0. The quantitative estimate of drug-likeness (QED) is 0.772. The second kappa shape index (κ2) is 7.18. The number of nitrogens with one attached hydrogen (secondary N) is 1. The molecule has 126 valence electrons. The van der Waals surface area contributed by atoms with Crippen molar-refractivity contribution >= 4 is 16.8 Å². The van der Waals surface area contributed by atoms with E-state index in [9.17, 15) is 9.18 Å². The molecule has 0 aliphatic rings. The SMILES string of the molecule is CC(C#N)CNC(=O)c1cc2ccccc2n1Cc1ccccc1F. The average Bonchev–Trinajstić information content (AvgIpc) is 3.00. The van der Waals surface area contributed by atoms with E-state index in [0.29, 0.717) is 11.3 Å². The molecule has 0 spiro atoms. The van der Waals surface area contributed by atoms with E-state index in [2.05, 4.69) is 11.4 Å². The van der Waals surface area contributed by atoms with Gasteiger partial charge in [-0.2, -0.15) is 5.26 Å². The lowest BCUT2D eigenvalue weighted by Gasteiger charge is -2.12. The smallest absolute Gasteiger partial charge is 0.267 e. The minimum atomic E-state index is -0.301. The minimum absolute atomic E-state index is 0.261. The van der Waals surface area contributed by atoms with E-state index >= 15 is 0 Å². The summed E-state index contributed by atoms with van der Waals surface area (Å²) in [7, 11) is 0. The highest BCUT2D eigenvalue weighted by Crippen LogP contribution is 2.22. The number of amides is 1. The van der Waals surface area contributed by atoms with E-state index < -0.39 is 0 Å². The van der Waals surface area contributed by atoms with Crippen LogP contribution in [0.3, 0.4) is 0 Å². The van der Waals surface area contributed by atoms with Gasteiger partial charge in [0.15, 0.2) is 0 Å². The zero-order valence-electron chi connectivity index (χ0n) is 13.9. The lowest BCUT2D eigenvalue weighted by molar-refractivity contribution is 0.0942. The van der Waals surface area contributed by atoms with Gasteiger partial charge in [0.25, 0.3) is 5.91 Å². The Labute approximate surface area is 145 Å². The van der Waals surface area contributed by atoms with Gasteiger partial charge in [-0.3, -0.25) is 4.79 Å². The maximum atomic E-state index is 14.1. The van der Waals surface area contributed by atoms with Crippen LogP contribution in [-0.4, -0.2) is 17.0 Å². The Morgan fingerprint density at radius 2 is 1.96 bits per heavy atom. The standard InChI is InChI=1S/C20H18FN3O/c1-14(11-22)12-23-20(25)19-10-15-6-3-5-9-18(15)24(19)13-16-7-2-4-8-17(16)21/h2-10,14H,12-13H2,1H3,(H,23,25). The Hall–Kier alpha value is -3.13. The maximum Gasteiger partial charge on any atom is 0.267 e. The number of fused-ring (bicyclic) bond motifs is 1. The summed E-state index contributed by atoms with van der Waals surface area (Å²) in [4.78, 5) is 12.6. The average molecular weight is 335 g/mol. The van der Waals surface area contributed by atoms with Crippen LogP contribution >= 0.6 is 0 Å². The van der Waals surface area contributed by atoms with Gasteiger partial charge in [-0.25, -0.2) is 4.39 Å². The van der Waals surface area contributed by atoms with E-state index in [1.54, 1.807) is 35.8 Å². The molecule has 0 aliphatic carbocycles. The van der Waals surface area contributed by atoms with Gasteiger partial charge in [-0.1, -0.05) is 36.4 Å². The number of benzene rings is 2. The third kappa shape index (κ3) is 3.53. The van der Waals surface area contributed by atoms with Gasteiger partial charge in [0.1, 0.15) is 11.5 Å². The van der Waals surface area contributed by atoms with Crippen LogP contribution in [0, 0.1) is 23.1 Å². The normalized spacial score (nSPS) is 11.9. The van der Waals surface area contributed by atoms with E-state index in [1.165, 1.54) is 6.07 Å². The van der Waals surface area contributed by atoms with E-state index in [-0.39, 0.29) is 30.7 Å². The molecule has 25 heavy (non-hydrogen) atoms. The van der Waals surface area contributed by atoms with Crippen LogP contribution in [0.1, 0.15) is 23.0 Å². The van der Waals surface area contributed by atoms with Crippen molar-refractivity contribution in [1.29, 1.82) is 5.26 Å². The molecule has 1 amide bonds. The first-order valence-electron chi connectivity index (χ1n) is 8.09. The molecule has 0 fully saturated rings. The predicted molar refractivity (Wildman–Crippen MR) is 94.6 cm³/mol. The van der Waals surface area contributed by atoms with Gasteiger partial charge in [0, 0.05) is 23.0 Å². The number of rotatable bonds is 5. The van der Waals surface area contributed by atoms with Crippen LogP contribution in [0.5, 0.6) is 0 Å². The highest BCUT2D eigenvalue weighted by molar-refractivity contribution is 5.98. The molecular formula is C20H18FN3O. The van der Waals surface area contributed by atoms with Crippen LogP contribution in [-0.2, 0) is 6.54 Å². The van der Waals surface area contributed by atoms with Crippen molar-refractivity contribution in [2.75, 3.05) is 6.54 Å². The first kappa shape index (κ1) is 16.7. The number of nitrogens with zero attached hydrogens (tertiary/aromatic N) is 2. The van der Waals surface area contributed by atoms with Crippen LogP contribution in [0.15, 0.2) is 54.6 Å². The molecule has 0 saturated heterocycles. The molecule has 3 aromatic rings. The maximum absolute atomic E-state index is 14.1. The summed E-state index contributed by atoms with van der Waals surface area (Å²) in [6.45, 7) is 2.28. The number of carbonyl (C=O) groups excluding carboxylic acids is 1. The molecule has 1 aromatic heterocycles. The van der Waals surface area contributed by atoms with Crippen molar-refractivity contribution in [2.45, 2.75) is 13.5 Å². The summed E-state index contributed by atoms with van der Waals surface area (Å²) in [6.07, 6.45) is 0. The van der Waals surface area contributed by atoms with Crippen molar-refractivity contribution < 1.29 is 9.18 Å². The van der Waals surface area contributed by atoms with E-state index in [0.717, 1.165) is 10.9 Å². The molecule has 4 nitrogen and oxygen atoms in total. The topological polar surface area (TPSA) is 57.8 Å². The highest BCUT2D eigenvalue weighted by Gasteiger charge is 2.17. The molecule has 1 N–H and O–H groups in total. The zero-order valence-corrected chi connectivity index (χ0v) is 13.9. The molecule has 5 heteroatoms. The number of aromatic nitrogens is 1. The van der Waals surface area contributed by atoms with Crippen LogP contribution in [0.25, 0.3) is 10.9 Å². The van der Waals surface area contributed by atoms with Gasteiger partial charge in [0.2, 0.25) is 0 Å². The monoisotopic (exact) mass is 335 g/mol. The summed E-state index contributed by atoms with van der Waals surface area (Å²) in [5.74, 6) is -0.840. The molecule has 1 unspecified atom stereocenters. The van der Waals surface area contributed by atoms with Gasteiger partial charge in [-0.05, 0) is 25.1 Å². The predicted octanol–water partition coefficient (Wildman–Crippen LogP) is 3.72. The lowest BCUT2D eigenvalue weighted by Crippen LogP contribution is -2.29. The summed E-state index contributed by atoms with van der Waals surface area (Å²) in [6, 6.07) is 18.0. The molecule has 0 bridgehead atoms. The Morgan fingerprint density at radius 1 is 1.24 bits per heavy atom. The summed E-state index contributed by atoms with van der Waals surface area (Å²) in [5, 5.41) is 12.6. The van der Waals surface area contributed by atoms with E-state index in [1.807, 2.05) is 24.3 Å². The number of para-hydroxylation sites is 1. The van der Waals surface area contributed by atoms with Crippen molar-refractivity contribution in [3.63, 3.8) is 0 Å². The van der Waals surface area contributed by atoms with Crippen molar-refractivity contribution in [3.05, 3.63) is 71.7 Å². The van der Waals surface area contributed by atoms with Gasteiger partial charge >= 0.3 is 0 Å². The number of hydrogen-bond acceptors (Lipinski definition) is 2. The van der Waals surface area contributed by atoms with Crippen LogP contribution < -0.4 is 5.32 Å². The number of hydrogen-bond donors (Lipinski definition) is 1. The van der Waals surface area contributed by atoms with E-state index in [4.69, 9.17) is 5.26 Å².